The number of hydrogen-bond acceptors (Lipinski definition) is 4. The lowest BCUT2D eigenvalue weighted by molar-refractivity contribution is 0.461. The molecule has 0 unspecified atom stereocenters. The van der Waals surface area contributed by atoms with E-state index in [1.807, 2.05) is 0 Å². The van der Waals surface area contributed by atoms with Crippen LogP contribution in [-0.2, 0) is 12.0 Å². The normalized spacial score (nSPS) is 20.2. The predicted molar refractivity (Wildman–Crippen MR) is 103 cm³/mol. The maximum atomic E-state index is 4.57. The van der Waals surface area contributed by atoms with Crippen LogP contribution in [0.2, 0.25) is 0 Å². The van der Waals surface area contributed by atoms with Crippen molar-refractivity contribution in [2.45, 2.75) is 64.0 Å². The summed E-state index contributed by atoms with van der Waals surface area (Å²) in [4.78, 5) is 11.4. The minimum Gasteiger partial charge on any atom is -0.367 e. The van der Waals surface area contributed by atoms with Gasteiger partial charge in [0.2, 0.25) is 0 Å². The van der Waals surface area contributed by atoms with Crippen LogP contribution in [0.15, 0.2) is 36.7 Å². The molecule has 0 radical (unpaired) electrons. The molecule has 1 aliphatic carbocycles. The van der Waals surface area contributed by atoms with Gasteiger partial charge in [0.1, 0.15) is 18.0 Å². The summed E-state index contributed by atoms with van der Waals surface area (Å²) in [5, 5.41) is 3.62. The van der Waals surface area contributed by atoms with Crippen LogP contribution in [-0.4, -0.2) is 22.6 Å². The first-order chi connectivity index (χ1) is 12.1. The number of nitrogens with zero attached hydrogens (tertiary/aromatic N) is 3. The average molecular weight is 336 g/mol. The number of hydrogen-bond donors (Lipinski definition) is 1. The first-order valence-corrected chi connectivity index (χ1v) is 9.54. The highest BCUT2D eigenvalue weighted by atomic mass is 15.2. The Balaban J connectivity index is 1.55. The molecule has 2 heterocycles. The van der Waals surface area contributed by atoms with Gasteiger partial charge in [0.15, 0.2) is 0 Å². The van der Waals surface area contributed by atoms with Gasteiger partial charge in [0.25, 0.3) is 0 Å². The summed E-state index contributed by atoms with van der Waals surface area (Å²) in [5.74, 6) is 1.99. The van der Waals surface area contributed by atoms with Crippen LogP contribution >= 0.6 is 0 Å². The molecule has 4 rings (SSSR count). The molecule has 0 saturated heterocycles. The van der Waals surface area contributed by atoms with Gasteiger partial charge in [-0.1, -0.05) is 57.4 Å². The second-order valence-electron chi connectivity index (χ2n) is 8.14. The summed E-state index contributed by atoms with van der Waals surface area (Å²) in [6, 6.07) is 11.5. The molecule has 2 aromatic rings. The number of fused-ring (bicyclic) bond motifs is 1. The zero-order valence-electron chi connectivity index (χ0n) is 15.3. The van der Waals surface area contributed by atoms with Gasteiger partial charge in [0, 0.05) is 30.6 Å². The average Bonchev–Trinajstić information content (AvgIpc) is 2.62. The van der Waals surface area contributed by atoms with E-state index in [4.69, 9.17) is 0 Å². The minimum absolute atomic E-state index is 0.122. The second-order valence-corrected chi connectivity index (χ2v) is 8.14. The molecule has 4 heteroatoms. The Bertz CT molecular complexity index is 734. The number of anilines is 2. The molecular formula is C21H28N4. The Morgan fingerprint density at radius 3 is 2.72 bits per heavy atom. The molecule has 2 aliphatic rings. The smallest absolute Gasteiger partial charge is 0.134 e. The van der Waals surface area contributed by atoms with Crippen LogP contribution in [0, 0.1) is 0 Å². The molecule has 4 nitrogen and oxygen atoms in total. The first kappa shape index (κ1) is 16.4. The molecule has 1 fully saturated rings. The van der Waals surface area contributed by atoms with Crippen molar-refractivity contribution in [1.29, 1.82) is 0 Å². The van der Waals surface area contributed by atoms with Gasteiger partial charge in [-0.05, 0) is 24.0 Å². The van der Waals surface area contributed by atoms with E-state index in [1.54, 1.807) is 6.33 Å². The van der Waals surface area contributed by atoms with Gasteiger partial charge in [-0.15, -0.1) is 0 Å². The van der Waals surface area contributed by atoms with Gasteiger partial charge in [-0.25, -0.2) is 9.97 Å². The van der Waals surface area contributed by atoms with Crippen molar-refractivity contribution < 1.29 is 0 Å². The lowest BCUT2D eigenvalue weighted by atomic mass is 9.78. The van der Waals surface area contributed by atoms with E-state index in [1.165, 1.54) is 43.2 Å². The van der Waals surface area contributed by atoms with Crippen molar-refractivity contribution in [2.24, 2.45) is 0 Å². The van der Waals surface area contributed by atoms with Crippen molar-refractivity contribution >= 4 is 11.6 Å². The second kappa shape index (κ2) is 6.66. The summed E-state index contributed by atoms with van der Waals surface area (Å²) >= 11 is 0. The Morgan fingerprint density at radius 2 is 1.88 bits per heavy atom. The Hall–Kier alpha value is -2.10. The summed E-state index contributed by atoms with van der Waals surface area (Å²) in [5.41, 5.74) is 2.98. The zero-order valence-corrected chi connectivity index (χ0v) is 15.3. The van der Waals surface area contributed by atoms with Crippen LogP contribution in [0.3, 0.4) is 0 Å². The van der Waals surface area contributed by atoms with Crippen molar-refractivity contribution in [1.82, 2.24) is 9.97 Å². The maximum Gasteiger partial charge on any atom is 0.134 e. The molecule has 0 spiro atoms. The van der Waals surface area contributed by atoms with E-state index >= 15 is 0 Å². The fourth-order valence-corrected chi connectivity index (χ4v) is 4.36. The molecule has 1 N–H and O–H groups in total. The molecule has 0 atom stereocenters. The molecule has 1 aromatic heterocycles. The van der Waals surface area contributed by atoms with E-state index in [0.29, 0.717) is 6.04 Å². The fourth-order valence-electron chi connectivity index (χ4n) is 4.36. The monoisotopic (exact) mass is 336 g/mol. The van der Waals surface area contributed by atoms with Crippen molar-refractivity contribution in [2.75, 3.05) is 16.8 Å². The molecule has 132 valence electrons. The molecule has 1 aromatic carbocycles. The lowest BCUT2D eigenvalue weighted by Crippen LogP contribution is -2.42. The minimum atomic E-state index is 0.122. The van der Waals surface area contributed by atoms with E-state index < -0.39 is 0 Å². The highest BCUT2D eigenvalue weighted by Gasteiger charge is 2.32. The Kier molecular flexibility index (Phi) is 4.36. The molecule has 1 saturated carbocycles. The molecule has 0 amide bonds. The van der Waals surface area contributed by atoms with E-state index in [-0.39, 0.29) is 5.41 Å². The number of nitrogens with one attached hydrogen (secondary N) is 1. The number of rotatable bonds is 3. The molecule has 0 bridgehead atoms. The van der Waals surface area contributed by atoms with Crippen molar-refractivity contribution in [3.63, 3.8) is 0 Å². The van der Waals surface area contributed by atoms with E-state index in [0.717, 1.165) is 24.7 Å². The van der Waals surface area contributed by atoms with Gasteiger partial charge >= 0.3 is 0 Å². The van der Waals surface area contributed by atoms with Gasteiger partial charge in [0.05, 0.1) is 0 Å². The third-order valence-electron chi connectivity index (χ3n) is 5.63. The SMILES string of the molecule is CC1(C)CN(c2cc(NC3CCCCC3)ncn2)Cc2ccccc21. The summed E-state index contributed by atoms with van der Waals surface area (Å²) in [7, 11) is 0. The van der Waals surface area contributed by atoms with Crippen molar-refractivity contribution in [3.05, 3.63) is 47.8 Å². The van der Waals surface area contributed by atoms with Crippen LogP contribution in [0.5, 0.6) is 0 Å². The van der Waals surface area contributed by atoms with Crippen LogP contribution in [0.1, 0.15) is 57.1 Å². The third-order valence-corrected chi connectivity index (χ3v) is 5.63. The topological polar surface area (TPSA) is 41.0 Å². The standard InChI is InChI=1S/C21H28N4/c1-21(2)14-25(13-16-8-6-7-11-18(16)21)20-12-19(22-15-23-20)24-17-9-4-3-5-10-17/h6-8,11-12,15,17H,3-5,9-10,13-14H2,1-2H3,(H,22,23,24). The van der Waals surface area contributed by atoms with Crippen LogP contribution < -0.4 is 10.2 Å². The maximum absolute atomic E-state index is 4.57. The Morgan fingerprint density at radius 1 is 1.08 bits per heavy atom. The number of benzene rings is 1. The molecule has 25 heavy (non-hydrogen) atoms. The van der Waals surface area contributed by atoms with E-state index in [2.05, 4.69) is 64.4 Å². The lowest BCUT2D eigenvalue weighted by Gasteiger charge is -2.40. The van der Waals surface area contributed by atoms with Gasteiger partial charge < -0.3 is 10.2 Å². The molecular weight excluding hydrogens is 308 g/mol. The zero-order chi connectivity index (χ0) is 17.3. The summed E-state index contributed by atoms with van der Waals surface area (Å²) in [6.45, 7) is 6.53. The van der Waals surface area contributed by atoms with Crippen LogP contribution in [0.4, 0.5) is 11.6 Å². The van der Waals surface area contributed by atoms with Crippen molar-refractivity contribution in [3.8, 4) is 0 Å². The number of aromatic nitrogens is 2. The summed E-state index contributed by atoms with van der Waals surface area (Å²) in [6.07, 6.45) is 8.23. The highest BCUT2D eigenvalue weighted by Crippen LogP contribution is 2.35. The van der Waals surface area contributed by atoms with Crippen LogP contribution in [0.25, 0.3) is 0 Å². The van der Waals surface area contributed by atoms with Gasteiger partial charge in [-0.2, -0.15) is 0 Å². The summed E-state index contributed by atoms with van der Waals surface area (Å²) < 4.78 is 0. The largest absolute Gasteiger partial charge is 0.367 e. The van der Waals surface area contributed by atoms with E-state index in [9.17, 15) is 0 Å². The first-order valence-electron chi connectivity index (χ1n) is 9.54. The highest BCUT2D eigenvalue weighted by molar-refractivity contribution is 5.52. The predicted octanol–water partition coefficient (Wildman–Crippen LogP) is 4.52. The third kappa shape index (κ3) is 3.48. The molecule has 1 aliphatic heterocycles. The fraction of sp³-hybridized carbons (Fsp3) is 0.524. The quantitative estimate of drug-likeness (QED) is 0.895. The Labute approximate surface area is 150 Å². The van der Waals surface area contributed by atoms with Gasteiger partial charge in [-0.3, -0.25) is 0 Å².